The van der Waals surface area contributed by atoms with E-state index in [1.54, 1.807) is 22.8 Å². The first-order chi connectivity index (χ1) is 11.0. The molecule has 0 atom stereocenters. The molecule has 2 aromatic rings. The number of unbranched alkanes of at least 4 members (excludes halogenated alkanes) is 1. The summed E-state index contributed by atoms with van der Waals surface area (Å²) in [6, 6.07) is 7.95. The Hall–Kier alpha value is -2.14. The van der Waals surface area contributed by atoms with Gasteiger partial charge in [-0.25, -0.2) is 4.39 Å². The van der Waals surface area contributed by atoms with E-state index in [0.717, 1.165) is 25.1 Å². The minimum Gasteiger partial charge on any atom is -0.503 e. The second-order valence-corrected chi connectivity index (χ2v) is 5.82. The van der Waals surface area contributed by atoms with E-state index in [0.29, 0.717) is 12.1 Å². The van der Waals surface area contributed by atoms with Crippen molar-refractivity contribution in [2.45, 2.75) is 32.9 Å². The van der Waals surface area contributed by atoms with E-state index in [1.807, 2.05) is 7.05 Å². The molecule has 1 aromatic heterocycles. The van der Waals surface area contributed by atoms with Crippen molar-refractivity contribution < 1.29 is 9.50 Å². The Kier molecular flexibility index (Phi) is 5.93. The molecule has 0 amide bonds. The van der Waals surface area contributed by atoms with Crippen molar-refractivity contribution in [2.24, 2.45) is 0 Å². The van der Waals surface area contributed by atoms with Crippen LogP contribution < -0.4 is 5.43 Å². The quantitative estimate of drug-likeness (QED) is 0.853. The molecular formula is C18H23FN2O2. The third-order valence-corrected chi connectivity index (χ3v) is 3.82. The molecule has 2 rings (SSSR count). The second kappa shape index (κ2) is 7.92. The van der Waals surface area contributed by atoms with Crippen molar-refractivity contribution >= 4 is 0 Å². The molecule has 4 nitrogen and oxygen atoms in total. The number of aromatic hydroxyl groups is 1. The fourth-order valence-electron chi connectivity index (χ4n) is 2.48. The summed E-state index contributed by atoms with van der Waals surface area (Å²) in [5.41, 5.74) is 0.872. The number of hydrogen-bond acceptors (Lipinski definition) is 3. The number of pyridine rings is 1. The molecule has 0 fully saturated rings. The minimum absolute atomic E-state index is 0.275. The molecule has 0 aliphatic rings. The number of halogens is 1. The molecule has 0 saturated carbocycles. The van der Waals surface area contributed by atoms with Crippen LogP contribution in [0.1, 0.15) is 31.0 Å². The van der Waals surface area contributed by atoms with Gasteiger partial charge in [-0.05, 0) is 26.1 Å². The highest BCUT2D eigenvalue weighted by Gasteiger charge is 2.10. The van der Waals surface area contributed by atoms with Crippen molar-refractivity contribution in [3.05, 3.63) is 63.8 Å². The van der Waals surface area contributed by atoms with Crippen LogP contribution in [0.15, 0.2) is 41.3 Å². The first-order valence-electron chi connectivity index (χ1n) is 7.85. The van der Waals surface area contributed by atoms with Gasteiger partial charge in [0.2, 0.25) is 5.43 Å². The van der Waals surface area contributed by atoms with Crippen LogP contribution in [0.3, 0.4) is 0 Å². The highest BCUT2D eigenvalue weighted by atomic mass is 19.1. The lowest BCUT2D eigenvalue weighted by Crippen LogP contribution is -2.24. The normalized spacial score (nSPS) is 11.1. The van der Waals surface area contributed by atoms with Crippen molar-refractivity contribution in [1.82, 2.24) is 9.47 Å². The zero-order valence-electron chi connectivity index (χ0n) is 13.6. The van der Waals surface area contributed by atoms with Crippen LogP contribution in [0.5, 0.6) is 5.75 Å². The summed E-state index contributed by atoms with van der Waals surface area (Å²) in [6.45, 7) is 3.90. The molecule has 0 saturated heterocycles. The number of benzene rings is 1. The Morgan fingerprint density at radius 2 is 2.04 bits per heavy atom. The van der Waals surface area contributed by atoms with Crippen molar-refractivity contribution in [3.8, 4) is 5.75 Å². The van der Waals surface area contributed by atoms with Gasteiger partial charge in [-0.1, -0.05) is 31.5 Å². The molecule has 0 bridgehead atoms. The Morgan fingerprint density at radius 3 is 2.74 bits per heavy atom. The van der Waals surface area contributed by atoms with Gasteiger partial charge in [-0.3, -0.25) is 4.79 Å². The summed E-state index contributed by atoms with van der Waals surface area (Å²) in [6.07, 6.45) is 3.56. The standard InChI is InChI=1S/C18H23FN2O2/c1-3-4-9-20(2)12-15-10-17(22)18(23)13-21(15)11-14-7-5-6-8-16(14)19/h5-8,10,13,23H,3-4,9,11-12H2,1-2H3. The van der Waals surface area contributed by atoms with E-state index in [1.165, 1.54) is 18.3 Å². The van der Waals surface area contributed by atoms with Gasteiger partial charge in [-0.15, -0.1) is 0 Å². The molecule has 124 valence electrons. The first-order valence-corrected chi connectivity index (χ1v) is 7.85. The maximum atomic E-state index is 13.9. The summed E-state index contributed by atoms with van der Waals surface area (Å²) < 4.78 is 15.6. The Balaban J connectivity index is 2.28. The van der Waals surface area contributed by atoms with Gasteiger partial charge < -0.3 is 14.6 Å². The van der Waals surface area contributed by atoms with Gasteiger partial charge in [-0.2, -0.15) is 0 Å². The van der Waals surface area contributed by atoms with Gasteiger partial charge in [0.15, 0.2) is 5.75 Å². The smallest absolute Gasteiger partial charge is 0.223 e. The molecule has 0 unspecified atom stereocenters. The van der Waals surface area contributed by atoms with Gasteiger partial charge in [0.05, 0.1) is 12.7 Å². The molecular weight excluding hydrogens is 295 g/mol. The summed E-state index contributed by atoms with van der Waals surface area (Å²) in [4.78, 5) is 13.9. The topological polar surface area (TPSA) is 45.5 Å². The second-order valence-electron chi connectivity index (χ2n) is 5.82. The molecule has 0 aliphatic heterocycles. The van der Waals surface area contributed by atoms with E-state index < -0.39 is 5.43 Å². The molecule has 0 aliphatic carbocycles. The lowest BCUT2D eigenvalue weighted by Gasteiger charge is -2.20. The van der Waals surface area contributed by atoms with Crippen LogP contribution in [-0.2, 0) is 13.1 Å². The van der Waals surface area contributed by atoms with E-state index in [4.69, 9.17) is 0 Å². The summed E-state index contributed by atoms with van der Waals surface area (Å²) in [5, 5.41) is 9.71. The van der Waals surface area contributed by atoms with Crippen LogP contribution in [0.25, 0.3) is 0 Å². The maximum absolute atomic E-state index is 13.9. The average molecular weight is 318 g/mol. The fourth-order valence-corrected chi connectivity index (χ4v) is 2.48. The SMILES string of the molecule is CCCCN(C)Cc1cc(=O)c(O)cn1Cc1ccccc1F. The zero-order chi connectivity index (χ0) is 16.8. The summed E-state index contributed by atoms with van der Waals surface area (Å²) in [7, 11) is 1.99. The van der Waals surface area contributed by atoms with Gasteiger partial charge in [0, 0.05) is 23.9 Å². The van der Waals surface area contributed by atoms with Crippen molar-refractivity contribution in [1.29, 1.82) is 0 Å². The number of hydrogen-bond donors (Lipinski definition) is 1. The van der Waals surface area contributed by atoms with E-state index >= 15 is 0 Å². The zero-order valence-corrected chi connectivity index (χ0v) is 13.6. The van der Waals surface area contributed by atoms with E-state index in [-0.39, 0.29) is 18.1 Å². The van der Waals surface area contributed by atoms with Crippen molar-refractivity contribution in [3.63, 3.8) is 0 Å². The molecule has 1 heterocycles. The largest absolute Gasteiger partial charge is 0.503 e. The van der Waals surface area contributed by atoms with Crippen LogP contribution in [0, 0.1) is 5.82 Å². The number of nitrogens with zero attached hydrogens (tertiary/aromatic N) is 2. The van der Waals surface area contributed by atoms with Crippen LogP contribution >= 0.6 is 0 Å². The molecule has 5 heteroatoms. The Labute approximate surface area is 135 Å². The predicted octanol–water partition coefficient (Wildman–Crippen LogP) is 2.97. The summed E-state index contributed by atoms with van der Waals surface area (Å²) in [5.74, 6) is -0.614. The van der Waals surface area contributed by atoms with Crippen LogP contribution in [0.4, 0.5) is 4.39 Å². The Morgan fingerprint density at radius 1 is 1.30 bits per heavy atom. The van der Waals surface area contributed by atoms with E-state index in [9.17, 15) is 14.3 Å². The molecule has 23 heavy (non-hydrogen) atoms. The number of rotatable bonds is 7. The molecule has 1 aromatic carbocycles. The fraction of sp³-hybridized carbons (Fsp3) is 0.389. The third-order valence-electron chi connectivity index (χ3n) is 3.82. The van der Waals surface area contributed by atoms with Crippen LogP contribution in [-0.4, -0.2) is 28.2 Å². The third kappa shape index (κ3) is 4.66. The molecule has 0 spiro atoms. The van der Waals surface area contributed by atoms with Gasteiger partial charge in [0.25, 0.3) is 0 Å². The van der Waals surface area contributed by atoms with E-state index in [2.05, 4.69) is 11.8 Å². The Bertz CT molecular complexity index is 712. The monoisotopic (exact) mass is 318 g/mol. The van der Waals surface area contributed by atoms with Crippen LogP contribution in [0.2, 0.25) is 0 Å². The highest BCUT2D eigenvalue weighted by Crippen LogP contribution is 2.14. The first kappa shape index (κ1) is 17.2. The average Bonchev–Trinajstić information content (AvgIpc) is 2.52. The lowest BCUT2D eigenvalue weighted by atomic mass is 10.2. The minimum atomic E-state index is -0.409. The van der Waals surface area contributed by atoms with Gasteiger partial charge >= 0.3 is 0 Å². The summed E-state index contributed by atoms with van der Waals surface area (Å²) >= 11 is 0. The lowest BCUT2D eigenvalue weighted by molar-refractivity contribution is 0.310. The molecule has 1 N–H and O–H groups in total. The maximum Gasteiger partial charge on any atom is 0.223 e. The van der Waals surface area contributed by atoms with Crippen molar-refractivity contribution in [2.75, 3.05) is 13.6 Å². The number of aromatic nitrogens is 1. The molecule has 0 radical (unpaired) electrons. The predicted molar refractivity (Wildman–Crippen MR) is 89.1 cm³/mol. The van der Waals surface area contributed by atoms with Gasteiger partial charge in [0.1, 0.15) is 5.82 Å². The highest BCUT2D eigenvalue weighted by molar-refractivity contribution is 5.24.